The highest BCUT2D eigenvalue weighted by atomic mass is 16.3. The van der Waals surface area contributed by atoms with Gasteiger partial charge in [0.25, 0.3) is 0 Å². The molecule has 0 aliphatic heterocycles. The molecular formula is C9H18O. The molecule has 0 aromatic heterocycles. The molecule has 0 saturated carbocycles. The van der Waals surface area contributed by atoms with Crippen molar-refractivity contribution in [2.24, 2.45) is 5.92 Å². The number of aliphatic hydroxyl groups excluding tert-OH is 1. The summed E-state index contributed by atoms with van der Waals surface area (Å²) in [5.74, 6) is 0.751. The molecule has 0 fully saturated rings. The molecule has 0 rings (SSSR count). The van der Waals surface area contributed by atoms with Gasteiger partial charge in [-0.1, -0.05) is 31.9 Å². The zero-order valence-corrected chi connectivity index (χ0v) is 7.22. The van der Waals surface area contributed by atoms with Gasteiger partial charge in [0, 0.05) is 0 Å². The third kappa shape index (κ3) is 4.57. The van der Waals surface area contributed by atoms with E-state index in [1.54, 1.807) is 0 Å². The summed E-state index contributed by atoms with van der Waals surface area (Å²) in [4.78, 5) is 0. The first kappa shape index (κ1) is 9.70. The van der Waals surface area contributed by atoms with Crippen molar-refractivity contribution in [3.8, 4) is 0 Å². The van der Waals surface area contributed by atoms with Crippen molar-refractivity contribution in [1.82, 2.24) is 0 Å². The molecule has 0 spiro atoms. The first-order valence-electron chi connectivity index (χ1n) is 3.97. The van der Waals surface area contributed by atoms with Gasteiger partial charge in [-0.05, 0) is 19.3 Å². The highest BCUT2D eigenvalue weighted by molar-refractivity contribution is 4.97. The molecule has 60 valence electrons. The monoisotopic (exact) mass is 142 g/mol. The van der Waals surface area contributed by atoms with Crippen LogP contribution < -0.4 is 0 Å². The Morgan fingerprint density at radius 1 is 1.60 bits per heavy atom. The molecule has 0 heterocycles. The zero-order chi connectivity index (χ0) is 7.98. The van der Waals surface area contributed by atoms with Crippen molar-refractivity contribution < 1.29 is 5.11 Å². The Morgan fingerprint density at radius 2 is 2.20 bits per heavy atom. The second-order valence-corrected chi connectivity index (χ2v) is 2.96. The molecular weight excluding hydrogens is 124 g/mol. The molecule has 0 radical (unpaired) electrons. The lowest BCUT2D eigenvalue weighted by Crippen LogP contribution is -1.91. The van der Waals surface area contributed by atoms with Gasteiger partial charge in [0.2, 0.25) is 0 Å². The largest absolute Gasteiger partial charge is 0.392 e. The maximum atomic E-state index is 8.65. The number of hydrogen-bond donors (Lipinski definition) is 1. The summed E-state index contributed by atoms with van der Waals surface area (Å²) in [6, 6.07) is 0. The second kappa shape index (κ2) is 5.48. The second-order valence-electron chi connectivity index (χ2n) is 2.96. The number of hydrogen-bond acceptors (Lipinski definition) is 1. The SMILES string of the molecule is CCC(C)CC=C(C)CO. The lowest BCUT2D eigenvalue weighted by molar-refractivity contribution is 0.330. The van der Waals surface area contributed by atoms with Crippen LogP contribution in [0.15, 0.2) is 11.6 Å². The number of allylic oxidation sites excluding steroid dienone is 1. The zero-order valence-electron chi connectivity index (χ0n) is 7.22. The third-order valence-corrected chi connectivity index (χ3v) is 1.82. The van der Waals surface area contributed by atoms with Crippen LogP contribution in [0.5, 0.6) is 0 Å². The van der Waals surface area contributed by atoms with Gasteiger partial charge in [0.05, 0.1) is 6.61 Å². The minimum Gasteiger partial charge on any atom is -0.392 e. The summed E-state index contributed by atoms with van der Waals surface area (Å²) in [6.07, 6.45) is 4.44. The van der Waals surface area contributed by atoms with Crippen LogP contribution in [-0.4, -0.2) is 11.7 Å². The van der Waals surface area contributed by atoms with Crippen LogP contribution in [0.3, 0.4) is 0 Å². The van der Waals surface area contributed by atoms with E-state index < -0.39 is 0 Å². The molecule has 1 atom stereocenters. The van der Waals surface area contributed by atoms with E-state index in [9.17, 15) is 0 Å². The van der Waals surface area contributed by atoms with Crippen LogP contribution >= 0.6 is 0 Å². The average Bonchev–Trinajstić information content (AvgIpc) is 1.99. The maximum absolute atomic E-state index is 8.65. The van der Waals surface area contributed by atoms with Crippen molar-refractivity contribution in [2.45, 2.75) is 33.6 Å². The van der Waals surface area contributed by atoms with Crippen LogP contribution in [0, 0.1) is 5.92 Å². The molecule has 1 N–H and O–H groups in total. The minimum absolute atomic E-state index is 0.205. The van der Waals surface area contributed by atoms with E-state index in [0.29, 0.717) is 0 Å². The lowest BCUT2D eigenvalue weighted by Gasteiger charge is -2.03. The van der Waals surface area contributed by atoms with E-state index in [-0.39, 0.29) is 6.61 Å². The fraction of sp³-hybridized carbons (Fsp3) is 0.778. The van der Waals surface area contributed by atoms with E-state index in [2.05, 4.69) is 19.9 Å². The average molecular weight is 142 g/mol. The summed E-state index contributed by atoms with van der Waals surface area (Å²) in [5.41, 5.74) is 1.08. The Hall–Kier alpha value is -0.300. The van der Waals surface area contributed by atoms with E-state index >= 15 is 0 Å². The standard InChI is InChI=1S/C9H18O/c1-4-8(2)5-6-9(3)7-10/h6,8,10H,4-5,7H2,1-3H3. The van der Waals surface area contributed by atoms with Crippen molar-refractivity contribution >= 4 is 0 Å². The molecule has 0 aliphatic rings. The van der Waals surface area contributed by atoms with Crippen LogP contribution in [0.1, 0.15) is 33.6 Å². The highest BCUT2D eigenvalue weighted by Gasteiger charge is 1.94. The summed E-state index contributed by atoms with van der Waals surface area (Å²) in [7, 11) is 0. The normalized spacial score (nSPS) is 15.4. The molecule has 0 saturated heterocycles. The van der Waals surface area contributed by atoms with Crippen LogP contribution in [-0.2, 0) is 0 Å². The third-order valence-electron chi connectivity index (χ3n) is 1.82. The summed E-state index contributed by atoms with van der Waals surface area (Å²) in [6.45, 7) is 6.58. The first-order valence-corrected chi connectivity index (χ1v) is 3.97. The van der Waals surface area contributed by atoms with Crippen LogP contribution in [0.2, 0.25) is 0 Å². The minimum atomic E-state index is 0.205. The predicted octanol–water partition coefficient (Wildman–Crippen LogP) is 2.36. The maximum Gasteiger partial charge on any atom is 0.0639 e. The van der Waals surface area contributed by atoms with Gasteiger partial charge >= 0.3 is 0 Å². The van der Waals surface area contributed by atoms with E-state index in [1.165, 1.54) is 6.42 Å². The van der Waals surface area contributed by atoms with Gasteiger partial charge in [0.1, 0.15) is 0 Å². The predicted molar refractivity (Wildman–Crippen MR) is 44.9 cm³/mol. The molecule has 0 aromatic rings. The Kier molecular flexibility index (Phi) is 5.32. The van der Waals surface area contributed by atoms with Crippen LogP contribution in [0.4, 0.5) is 0 Å². The first-order chi connectivity index (χ1) is 4.70. The van der Waals surface area contributed by atoms with Gasteiger partial charge in [-0.2, -0.15) is 0 Å². The van der Waals surface area contributed by atoms with Crippen molar-refractivity contribution in [1.29, 1.82) is 0 Å². The van der Waals surface area contributed by atoms with Crippen LogP contribution in [0.25, 0.3) is 0 Å². The van der Waals surface area contributed by atoms with E-state index in [4.69, 9.17) is 5.11 Å². The molecule has 1 nitrogen and oxygen atoms in total. The number of aliphatic hydroxyl groups is 1. The van der Waals surface area contributed by atoms with Gasteiger partial charge in [-0.25, -0.2) is 0 Å². The van der Waals surface area contributed by atoms with E-state index in [1.807, 2.05) is 6.92 Å². The van der Waals surface area contributed by atoms with Crippen molar-refractivity contribution in [3.63, 3.8) is 0 Å². The molecule has 0 aliphatic carbocycles. The Morgan fingerprint density at radius 3 is 2.60 bits per heavy atom. The van der Waals surface area contributed by atoms with Crippen molar-refractivity contribution in [2.75, 3.05) is 6.61 Å². The molecule has 1 heteroatoms. The van der Waals surface area contributed by atoms with Gasteiger partial charge < -0.3 is 5.11 Å². The lowest BCUT2D eigenvalue weighted by atomic mass is 10.0. The molecule has 10 heavy (non-hydrogen) atoms. The fourth-order valence-electron chi connectivity index (χ4n) is 0.634. The number of rotatable bonds is 4. The quantitative estimate of drug-likeness (QED) is 0.597. The summed E-state index contributed by atoms with van der Waals surface area (Å²) >= 11 is 0. The van der Waals surface area contributed by atoms with Gasteiger partial charge in [-0.15, -0.1) is 0 Å². The molecule has 0 aromatic carbocycles. The Labute approximate surface area is 63.8 Å². The highest BCUT2D eigenvalue weighted by Crippen LogP contribution is 2.08. The fourth-order valence-corrected chi connectivity index (χ4v) is 0.634. The van der Waals surface area contributed by atoms with Gasteiger partial charge in [-0.3, -0.25) is 0 Å². The summed E-state index contributed by atoms with van der Waals surface area (Å²) < 4.78 is 0. The van der Waals surface area contributed by atoms with Crippen molar-refractivity contribution in [3.05, 3.63) is 11.6 Å². The molecule has 0 amide bonds. The smallest absolute Gasteiger partial charge is 0.0639 e. The Balaban J connectivity index is 3.50. The Bertz CT molecular complexity index is 105. The summed E-state index contributed by atoms with van der Waals surface area (Å²) in [5, 5.41) is 8.65. The molecule has 1 unspecified atom stereocenters. The molecule has 0 bridgehead atoms. The topological polar surface area (TPSA) is 20.2 Å². The van der Waals surface area contributed by atoms with E-state index in [0.717, 1.165) is 17.9 Å². The van der Waals surface area contributed by atoms with Gasteiger partial charge in [0.15, 0.2) is 0 Å².